The summed E-state index contributed by atoms with van der Waals surface area (Å²) >= 11 is 0. The fraction of sp³-hybridized carbons (Fsp3) is 0.474. The van der Waals surface area contributed by atoms with Crippen molar-refractivity contribution in [1.82, 2.24) is 9.97 Å². The smallest absolute Gasteiger partial charge is 0.416 e. The van der Waals surface area contributed by atoms with E-state index in [2.05, 4.69) is 9.97 Å². The number of carbonyl (C=O) groups excluding carboxylic acids is 2. The van der Waals surface area contributed by atoms with Gasteiger partial charge in [-0.1, -0.05) is 0 Å². The molecule has 1 aliphatic rings. The monoisotopic (exact) mass is 357 g/mol. The Morgan fingerprint density at radius 1 is 1.35 bits per heavy atom. The maximum atomic E-state index is 12.6. The first-order chi connectivity index (χ1) is 12.2. The van der Waals surface area contributed by atoms with Crippen LogP contribution in [0.15, 0.2) is 29.0 Å². The Morgan fingerprint density at radius 3 is 2.65 bits per heavy atom. The van der Waals surface area contributed by atoms with Crippen LogP contribution in [0.1, 0.15) is 51.0 Å². The Hall–Kier alpha value is -2.70. The molecule has 0 saturated heterocycles. The number of anilines is 1. The minimum Gasteiger partial charge on any atom is -0.444 e. The quantitative estimate of drug-likeness (QED) is 0.749. The highest BCUT2D eigenvalue weighted by molar-refractivity contribution is 5.92. The van der Waals surface area contributed by atoms with Crippen LogP contribution in [-0.4, -0.2) is 34.0 Å². The van der Waals surface area contributed by atoms with Gasteiger partial charge in [0.15, 0.2) is 5.78 Å². The molecule has 0 aliphatic heterocycles. The molecule has 1 fully saturated rings. The van der Waals surface area contributed by atoms with Gasteiger partial charge in [-0.2, -0.15) is 0 Å². The summed E-state index contributed by atoms with van der Waals surface area (Å²) in [5, 5.41) is 0. The molecule has 2 heterocycles. The molecule has 7 nitrogen and oxygen atoms in total. The van der Waals surface area contributed by atoms with E-state index in [1.165, 1.54) is 13.2 Å². The van der Waals surface area contributed by atoms with Crippen molar-refractivity contribution < 1.29 is 18.7 Å². The van der Waals surface area contributed by atoms with Crippen molar-refractivity contribution >= 4 is 17.7 Å². The predicted octanol–water partition coefficient (Wildman–Crippen LogP) is 4.09. The topological polar surface area (TPSA) is 85.5 Å². The van der Waals surface area contributed by atoms with Gasteiger partial charge in [0.05, 0.1) is 0 Å². The van der Waals surface area contributed by atoms with Crippen molar-refractivity contribution in [3.05, 3.63) is 30.3 Å². The summed E-state index contributed by atoms with van der Waals surface area (Å²) in [6.07, 6.45) is 4.69. The van der Waals surface area contributed by atoms with Crippen LogP contribution >= 0.6 is 0 Å². The highest BCUT2D eigenvalue weighted by atomic mass is 16.6. The van der Waals surface area contributed by atoms with Gasteiger partial charge in [0.1, 0.15) is 23.4 Å². The molecule has 26 heavy (non-hydrogen) atoms. The van der Waals surface area contributed by atoms with Gasteiger partial charge in [0.2, 0.25) is 5.89 Å². The normalized spacial score (nSPS) is 14.2. The summed E-state index contributed by atoms with van der Waals surface area (Å²) in [6, 6.07) is 3.45. The Kier molecular flexibility index (Phi) is 4.80. The van der Waals surface area contributed by atoms with E-state index in [0.29, 0.717) is 29.7 Å². The minimum atomic E-state index is -0.588. The van der Waals surface area contributed by atoms with Crippen LogP contribution in [-0.2, 0) is 4.74 Å². The molecule has 3 rings (SSSR count). The van der Waals surface area contributed by atoms with Gasteiger partial charge in [-0.3, -0.25) is 9.69 Å². The maximum Gasteiger partial charge on any atom is 0.416 e. The largest absolute Gasteiger partial charge is 0.444 e. The third-order valence-electron chi connectivity index (χ3n) is 3.89. The Bertz CT molecular complexity index is 818. The second-order valence-corrected chi connectivity index (χ2v) is 7.53. The lowest BCUT2D eigenvalue weighted by molar-refractivity contribution is 0.0577. The first-order valence-corrected chi connectivity index (χ1v) is 8.66. The van der Waals surface area contributed by atoms with Crippen LogP contribution in [0.5, 0.6) is 0 Å². The van der Waals surface area contributed by atoms with E-state index in [-0.39, 0.29) is 11.5 Å². The third kappa shape index (κ3) is 4.47. The minimum absolute atomic E-state index is 0.168. The van der Waals surface area contributed by atoms with Crippen LogP contribution < -0.4 is 4.90 Å². The van der Waals surface area contributed by atoms with E-state index in [1.54, 1.807) is 23.2 Å². The summed E-state index contributed by atoms with van der Waals surface area (Å²) in [5.74, 6) is 1.10. The van der Waals surface area contributed by atoms with Crippen LogP contribution in [0.25, 0.3) is 11.5 Å². The summed E-state index contributed by atoms with van der Waals surface area (Å²) in [6.45, 7) is 7.50. The van der Waals surface area contributed by atoms with Gasteiger partial charge in [0, 0.05) is 25.2 Å². The number of ether oxygens (including phenoxy) is 1. The molecule has 0 atom stereocenters. The number of aromatic nitrogens is 2. The van der Waals surface area contributed by atoms with Crippen molar-refractivity contribution in [1.29, 1.82) is 0 Å². The average Bonchev–Trinajstić information content (AvgIpc) is 3.23. The fourth-order valence-electron chi connectivity index (χ4n) is 2.40. The highest BCUT2D eigenvalue weighted by Crippen LogP contribution is 2.32. The van der Waals surface area contributed by atoms with Crippen LogP contribution in [0.4, 0.5) is 10.6 Å². The molecule has 2 aromatic heterocycles. The highest BCUT2D eigenvalue weighted by Gasteiger charge is 2.31. The zero-order chi connectivity index (χ0) is 18.9. The molecule has 0 aromatic carbocycles. The lowest BCUT2D eigenvalue weighted by atomic mass is 10.2. The van der Waals surface area contributed by atoms with Crippen molar-refractivity contribution in [2.45, 2.75) is 46.1 Å². The molecule has 138 valence electrons. The van der Waals surface area contributed by atoms with E-state index in [9.17, 15) is 9.59 Å². The molecule has 1 amide bonds. The third-order valence-corrected chi connectivity index (χ3v) is 3.89. The Morgan fingerprint density at radius 2 is 2.08 bits per heavy atom. The second-order valence-electron chi connectivity index (χ2n) is 7.53. The summed E-state index contributed by atoms with van der Waals surface area (Å²) in [4.78, 5) is 34.1. The molecule has 0 N–H and O–H groups in total. The number of amides is 1. The molecular formula is C19H23N3O4. The van der Waals surface area contributed by atoms with Gasteiger partial charge in [-0.15, -0.1) is 0 Å². The summed E-state index contributed by atoms with van der Waals surface area (Å²) in [5.41, 5.74) is 0.322. The number of ketones is 1. The zero-order valence-corrected chi connectivity index (χ0v) is 15.5. The van der Waals surface area contributed by atoms with Crippen molar-refractivity contribution in [2.75, 3.05) is 11.4 Å². The van der Waals surface area contributed by atoms with Crippen molar-refractivity contribution in [2.24, 2.45) is 5.92 Å². The van der Waals surface area contributed by atoms with Gasteiger partial charge in [-0.25, -0.2) is 14.8 Å². The lowest BCUT2D eigenvalue weighted by Crippen LogP contribution is -2.38. The van der Waals surface area contributed by atoms with E-state index < -0.39 is 11.7 Å². The molecular weight excluding hydrogens is 334 g/mol. The standard InChI is InChI=1S/C19H23N3O4/c1-12(23)15-11-25-17(21-15)14-7-8-20-16(9-14)22(10-13-5-6-13)18(24)26-19(2,3)4/h7-9,11,13H,5-6,10H2,1-4H3. The average molecular weight is 357 g/mol. The lowest BCUT2D eigenvalue weighted by Gasteiger charge is -2.27. The van der Waals surface area contributed by atoms with Gasteiger partial charge >= 0.3 is 6.09 Å². The zero-order valence-electron chi connectivity index (χ0n) is 15.5. The molecule has 0 bridgehead atoms. The number of pyridine rings is 1. The van der Waals surface area contributed by atoms with E-state index in [0.717, 1.165) is 12.8 Å². The number of oxazole rings is 1. The number of nitrogens with zero attached hydrogens (tertiary/aromatic N) is 3. The number of rotatable bonds is 5. The molecule has 1 aliphatic carbocycles. The molecule has 0 unspecified atom stereocenters. The van der Waals surface area contributed by atoms with E-state index in [1.807, 2.05) is 20.8 Å². The first kappa shape index (κ1) is 18.1. The Balaban J connectivity index is 1.88. The fourth-order valence-corrected chi connectivity index (χ4v) is 2.40. The molecule has 0 radical (unpaired) electrons. The summed E-state index contributed by atoms with van der Waals surface area (Å²) in [7, 11) is 0. The van der Waals surface area contributed by atoms with Gasteiger partial charge < -0.3 is 9.15 Å². The number of hydrogen-bond donors (Lipinski definition) is 0. The molecule has 1 saturated carbocycles. The predicted molar refractivity (Wildman–Crippen MR) is 96.0 cm³/mol. The van der Waals surface area contributed by atoms with E-state index in [4.69, 9.17) is 9.15 Å². The van der Waals surface area contributed by atoms with Crippen LogP contribution in [0.2, 0.25) is 0 Å². The SMILES string of the molecule is CC(=O)c1coc(-c2ccnc(N(CC3CC3)C(=O)OC(C)(C)C)c2)n1. The van der Waals surface area contributed by atoms with Gasteiger partial charge in [0.25, 0.3) is 0 Å². The maximum absolute atomic E-state index is 12.6. The molecule has 0 spiro atoms. The molecule has 7 heteroatoms. The van der Waals surface area contributed by atoms with Crippen molar-refractivity contribution in [3.8, 4) is 11.5 Å². The van der Waals surface area contributed by atoms with Crippen molar-refractivity contribution in [3.63, 3.8) is 0 Å². The number of carbonyl (C=O) groups is 2. The van der Waals surface area contributed by atoms with Gasteiger partial charge in [-0.05, 0) is 51.7 Å². The number of hydrogen-bond acceptors (Lipinski definition) is 6. The summed E-state index contributed by atoms with van der Waals surface area (Å²) < 4.78 is 10.9. The Labute approximate surface area is 152 Å². The first-order valence-electron chi connectivity index (χ1n) is 8.66. The van der Waals surface area contributed by atoms with Crippen LogP contribution in [0.3, 0.4) is 0 Å². The second kappa shape index (κ2) is 6.90. The van der Waals surface area contributed by atoms with E-state index >= 15 is 0 Å². The molecule has 2 aromatic rings. The number of Topliss-reactive ketones (excluding diaryl/α,β-unsaturated/α-hetero) is 1. The van der Waals surface area contributed by atoms with Crippen LogP contribution in [0, 0.1) is 5.92 Å².